The zero-order chi connectivity index (χ0) is 17.0. The van der Waals surface area contributed by atoms with E-state index in [1.54, 1.807) is 18.2 Å². The first-order valence-corrected chi connectivity index (χ1v) is 6.79. The SMILES string of the molecule is C#CCOc1c(C=C2C(=O)OC(C)(C)OC2=O)cccc1OC. The van der Waals surface area contributed by atoms with Gasteiger partial charge in [-0.15, -0.1) is 6.42 Å². The number of methoxy groups -OCH3 is 1. The van der Waals surface area contributed by atoms with E-state index in [2.05, 4.69) is 5.92 Å². The third-order valence-electron chi connectivity index (χ3n) is 2.95. The van der Waals surface area contributed by atoms with Crippen molar-refractivity contribution in [3.05, 3.63) is 29.3 Å². The minimum Gasteiger partial charge on any atom is -0.493 e. The molecule has 0 radical (unpaired) electrons. The van der Waals surface area contributed by atoms with E-state index in [1.165, 1.54) is 27.0 Å². The van der Waals surface area contributed by atoms with Crippen LogP contribution in [0.4, 0.5) is 0 Å². The van der Waals surface area contributed by atoms with Crippen LogP contribution >= 0.6 is 0 Å². The predicted molar refractivity (Wildman–Crippen MR) is 81.6 cm³/mol. The van der Waals surface area contributed by atoms with Crippen molar-refractivity contribution in [2.75, 3.05) is 13.7 Å². The van der Waals surface area contributed by atoms with Crippen LogP contribution in [0.25, 0.3) is 6.08 Å². The van der Waals surface area contributed by atoms with Crippen molar-refractivity contribution in [2.24, 2.45) is 0 Å². The van der Waals surface area contributed by atoms with Crippen LogP contribution in [0.5, 0.6) is 11.5 Å². The highest BCUT2D eigenvalue weighted by atomic mass is 16.7. The molecule has 0 amide bonds. The maximum atomic E-state index is 12.0. The molecule has 0 bridgehead atoms. The maximum Gasteiger partial charge on any atom is 0.348 e. The van der Waals surface area contributed by atoms with Gasteiger partial charge in [-0.25, -0.2) is 9.59 Å². The largest absolute Gasteiger partial charge is 0.493 e. The third-order valence-corrected chi connectivity index (χ3v) is 2.95. The molecule has 1 saturated heterocycles. The lowest BCUT2D eigenvalue weighted by atomic mass is 10.1. The minimum absolute atomic E-state index is 0.0124. The molecule has 6 nitrogen and oxygen atoms in total. The molecular weight excluding hydrogens is 300 g/mol. The fraction of sp³-hybridized carbons (Fsp3) is 0.294. The van der Waals surface area contributed by atoms with Gasteiger partial charge in [0.15, 0.2) is 11.5 Å². The van der Waals surface area contributed by atoms with Gasteiger partial charge in [0.1, 0.15) is 12.2 Å². The van der Waals surface area contributed by atoms with Gasteiger partial charge < -0.3 is 18.9 Å². The van der Waals surface area contributed by atoms with Crippen LogP contribution in [-0.2, 0) is 19.1 Å². The third kappa shape index (κ3) is 3.64. The molecule has 2 rings (SSSR count). The van der Waals surface area contributed by atoms with Gasteiger partial charge in [-0.1, -0.05) is 18.1 Å². The highest BCUT2D eigenvalue weighted by molar-refractivity contribution is 6.19. The van der Waals surface area contributed by atoms with Crippen LogP contribution in [0.2, 0.25) is 0 Å². The molecule has 1 heterocycles. The van der Waals surface area contributed by atoms with E-state index in [0.717, 1.165) is 0 Å². The highest BCUT2D eigenvalue weighted by Crippen LogP contribution is 2.34. The number of benzene rings is 1. The molecular formula is C17H16O6. The van der Waals surface area contributed by atoms with Crippen molar-refractivity contribution < 1.29 is 28.5 Å². The first kappa shape index (κ1) is 16.4. The standard InChI is InChI=1S/C17H16O6/c1-5-9-21-14-11(7-6-8-13(14)20-4)10-12-15(18)22-17(2,3)23-16(12)19/h1,6-8,10H,9H2,2-4H3. The Labute approximate surface area is 134 Å². The minimum atomic E-state index is -1.29. The van der Waals surface area contributed by atoms with E-state index in [1.807, 2.05) is 0 Å². The van der Waals surface area contributed by atoms with Crippen LogP contribution in [0, 0.1) is 12.3 Å². The summed E-state index contributed by atoms with van der Waals surface area (Å²) in [5.74, 6) is 0.271. The number of carbonyl (C=O) groups is 2. The van der Waals surface area contributed by atoms with E-state index in [9.17, 15) is 9.59 Å². The first-order valence-electron chi connectivity index (χ1n) is 6.79. The second kappa shape index (κ2) is 6.44. The average Bonchev–Trinajstić information content (AvgIpc) is 2.48. The number of para-hydroxylation sites is 1. The predicted octanol–water partition coefficient (Wildman–Crippen LogP) is 1.93. The molecule has 120 valence electrons. The molecule has 1 aromatic carbocycles. The Kier molecular flexibility index (Phi) is 4.60. The van der Waals surface area contributed by atoms with Gasteiger partial charge in [0, 0.05) is 19.4 Å². The summed E-state index contributed by atoms with van der Waals surface area (Å²) in [5.41, 5.74) is 0.214. The Hall–Kier alpha value is -2.94. The maximum absolute atomic E-state index is 12.0. The topological polar surface area (TPSA) is 71.1 Å². The number of terminal acetylenes is 1. The molecule has 0 spiro atoms. The van der Waals surface area contributed by atoms with Crippen molar-refractivity contribution in [1.82, 2.24) is 0 Å². The van der Waals surface area contributed by atoms with Crippen LogP contribution in [0.3, 0.4) is 0 Å². The van der Waals surface area contributed by atoms with Gasteiger partial charge in [0.25, 0.3) is 5.79 Å². The Balaban J connectivity index is 2.44. The summed E-state index contributed by atoms with van der Waals surface area (Å²) in [5, 5.41) is 0. The van der Waals surface area contributed by atoms with Crippen molar-refractivity contribution in [2.45, 2.75) is 19.6 Å². The Bertz CT molecular complexity index is 686. The van der Waals surface area contributed by atoms with Crippen molar-refractivity contribution in [3.8, 4) is 23.8 Å². The summed E-state index contributed by atoms with van der Waals surface area (Å²) in [6, 6.07) is 5.02. The molecule has 1 aliphatic rings. The number of hydrogen-bond acceptors (Lipinski definition) is 6. The lowest BCUT2D eigenvalue weighted by Crippen LogP contribution is -2.41. The lowest BCUT2D eigenvalue weighted by molar-refractivity contribution is -0.222. The van der Waals surface area contributed by atoms with Crippen molar-refractivity contribution >= 4 is 18.0 Å². The normalized spacial score (nSPS) is 16.0. The van der Waals surface area contributed by atoms with Gasteiger partial charge in [0.2, 0.25) is 0 Å². The lowest BCUT2D eigenvalue weighted by Gasteiger charge is -2.29. The number of hydrogen-bond donors (Lipinski definition) is 0. The fourth-order valence-electron chi connectivity index (χ4n) is 2.01. The smallest absolute Gasteiger partial charge is 0.348 e. The van der Waals surface area contributed by atoms with Crippen molar-refractivity contribution in [3.63, 3.8) is 0 Å². The monoisotopic (exact) mass is 316 g/mol. The van der Waals surface area contributed by atoms with Gasteiger partial charge in [-0.05, 0) is 12.1 Å². The van der Waals surface area contributed by atoms with E-state index in [-0.39, 0.29) is 12.2 Å². The molecule has 1 fully saturated rings. The highest BCUT2D eigenvalue weighted by Gasteiger charge is 2.39. The van der Waals surface area contributed by atoms with Gasteiger partial charge in [0.05, 0.1) is 7.11 Å². The van der Waals surface area contributed by atoms with Crippen LogP contribution in [0.1, 0.15) is 19.4 Å². The summed E-state index contributed by atoms with van der Waals surface area (Å²) >= 11 is 0. The average molecular weight is 316 g/mol. The molecule has 6 heteroatoms. The summed E-state index contributed by atoms with van der Waals surface area (Å²) < 4.78 is 20.8. The molecule has 0 saturated carbocycles. The second-order valence-electron chi connectivity index (χ2n) is 5.11. The molecule has 1 aromatic rings. The first-order chi connectivity index (χ1) is 10.9. The number of esters is 2. The second-order valence-corrected chi connectivity index (χ2v) is 5.11. The molecule has 1 aliphatic heterocycles. The molecule has 0 atom stereocenters. The Morgan fingerprint density at radius 3 is 2.48 bits per heavy atom. The van der Waals surface area contributed by atoms with Gasteiger partial charge in [-0.2, -0.15) is 0 Å². The molecule has 0 unspecified atom stereocenters. The summed E-state index contributed by atoms with van der Waals surface area (Å²) in [7, 11) is 1.47. The molecule has 23 heavy (non-hydrogen) atoms. The van der Waals surface area contributed by atoms with Crippen molar-refractivity contribution in [1.29, 1.82) is 0 Å². The number of ether oxygens (including phenoxy) is 4. The zero-order valence-corrected chi connectivity index (χ0v) is 13.0. The number of rotatable bonds is 4. The van der Waals surface area contributed by atoms with E-state index >= 15 is 0 Å². The zero-order valence-electron chi connectivity index (χ0n) is 13.0. The summed E-state index contributed by atoms with van der Waals surface area (Å²) in [4.78, 5) is 24.0. The van der Waals surface area contributed by atoms with Gasteiger partial charge >= 0.3 is 11.9 Å². The van der Waals surface area contributed by atoms with Gasteiger partial charge in [-0.3, -0.25) is 0 Å². The molecule has 0 aliphatic carbocycles. The molecule has 0 N–H and O–H groups in total. The summed E-state index contributed by atoms with van der Waals surface area (Å²) in [6.45, 7) is 2.97. The number of carbonyl (C=O) groups excluding carboxylic acids is 2. The number of cyclic esters (lactones) is 2. The van der Waals surface area contributed by atoms with Crippen LogP contribution < -0.4 is 9.47 Å². The Morgan fingerprint density at radius 2 is 1.91 bits per heavy atom. The van der Waals surface area contributed by atoms with E-state index < -0.39 is 17.7 Å². The summed E-state index contributed by atoms with van der Waals surface area (Å²) in [6.07, 6.45) is 6.52. The van der Waals surface area contributed by atoms with E-state index in [0.29, 0.717) is 17.1 Å². The Morgan fingerprint density at radius 1 is 1.26 bits per heavy atom. The van der Waals surface area contributed by atoms with Crippen LogP contribution in [-0.4, -0.2) is 31.4 Å². The quantitative estimate of drug-likeness (QED) is 0.366. The van der Waals surface area contributed by atoms with E-state index in [4.69, 9.17) is 25.4 Å². The fourth-order valence-corrected chi connectivity index (χ4v) is 2.01. The van der Waals surface area contributed by atoms with Crippen LogP contribution in [0.15, 0.2) is 23.8 Å². The molecule has 0 aromatic heterocycles.